The smallest absolute Gasteiger partial charge is 0.245 e. The summed E-state index contributed by atoms with van der Waals surface area (Å²) in [5, 5.41) is 8.57. The molecule has 3 aromatic rings. The van der Waals surface area contributed by atoms with Crippen LogP contribution in [-0.2, 0) is 27.3 Å². The van der Waals surface area contributed by atoms with Crippen molar-refractivity contribution in [2.24, 2.45) is 11.3 Å². The second kappa shape index (κ2) is 11.3. The first-order valence-electron chi connectivity index (χ1n) is 15.6. The molecule has 1 saturated heterocycles. The van der Waals surface area contributed by atoms with Gasteiger partial charge in [0, 0.05) is 60.6 Å². The van der Waals surface area contributed by atoms with Crippen LogP contribution in [0.25, 0.3) is 22.0 Å². The molecule has 0 spiro atoms. The molecule has 10 heteroatoms. The lowest BCUT2D eigenvalue weighted by molar-refractivity contribution is -0.139. The van der Waals surface area contributed by atoms with E-state index in [0.29, 0.717) is 36.3 Å². The number of rotatable bonds is 4. The Hall–Kier alpha value is -3.95. The topological polar surface area (TPSA) is 127 Å². The van der Waals surface area contributed by atoms with Crippen molar-refractivity contribution in [3.8, 4) is 11.1 Å². The summed E-state index contributed by atoms with van der Waals surface area (Å²) in [6, 6.07) is 3.45. The Morgan fingerprint density at radius 3 is 2.56 bits per heavy atom. The van der Waals surface area contributed by atoms with Crippen molar-refractivity contribution >= 4 is 34.3 Å². The second-order valence-corrected chi connectivity index (χ2v) is 12.8. The van der Waals surface area contributed by atoms with Crippen molar-refractivity contribution in [3.63, 3.8) is 0 Å². The van der Waals surface area contributed by atoms with E-state index in [0.717, 1.165) is 60.7 Å². The lowest BCUT2D eigenvalue weighted by atomic mass is 9.95. The van der Waals surface area contributed by atoms with Gasteiger partial charge in [0.25, 0.3) is 0 Å². The molecule has 0 radical (unpaired) electrons. The molecule has 2 aromatic heterocycles. The third-order valence-corrected chi connectivity index (χ3v) is 9.73. The van der Waals surface area contributed by atoms with Gasteiger partial charge in [0.05, 0.1) is 11.6 Å². The SMILES string of the molecule is CCC(=O)[C@@H]1C[C@]23CNC(=O)[C@@H](C)CCCCCc4cc(-c5cnc(C)nc5)cc5c(C(C)=O)nn(c45)CC(=O)N1[C@@H]2C3. The van der Waals surface area contributed by atoms with Crippen molar-refractivity contribution < 1.29 is 19.2 Å². The molecular formula is C33H40N6O4. The van der Waals surface area contributed by atoms with Gasteiger partial charge in [-0.05, 0) is 62.3 Å². The zero-order valence-corrected chi connectivity index (χ0v) is 25.5. The van der Waals surface area contributed by atoms with Crippen LogP contribution in [0.5, 0.6) is 0 Å². The maximum absolute atomic E-state index is 14.1. The van der Waals surface area contributed by atoms with Gasteiger partial charge < -0.3 is 10.2 Å². The summed E-state index contributed by atoms with van der Waals surface area (Å²) >= 11 is 0. The molecule has 1 aromatic carbocycles. The molecule has 3 aliphatic rings. The number of ketones is 2. The number of aryl methyl sites for hydroxylation is 2. The normalized spacial score (nSPS) is 26.1. The van der Waals surface area contributed by atoms with Gasteiger partial charge in [-0.2, -0.15) is 5.10 Å². The van der Waals surface area contributed by atoms with Gasteiger partial charge in [0.15, 0.2) is 11.6 Å². The molecule has 4 atom stereocenters. The number of carbonyl (C=O) groups is 4. The monoisotopic (exact) mass is 584 g/mol. The van der Waals surface area contributed by atoms with E-state index in [1.54, 1.807) is 22.0 Å². The average molecular weight is 585 g/mol. The van der Waals surface area contributed by atoms with E-state index >= 15 is 0 Å². The fraction of sp³-hybridized carbons (Fsp3) is 0.545. The predicted molar refractivity (Wildman–Crippen MR) is 161 cm³/mol. The number of nitrogens with zero attached hydrogens (tertiary/aromatic N) is 5. The molecule has 2 bridgehead atoms. The number of benzene rings is 1. The molecule has 226 valence electrons. The first kappa shape index (κ1) is 29.1. The summed E-state index contributed by atoms with van der Waals surface area (Å²) in [6.07, 6.45) is 9.52. The Morgan fingerprint density at radius 2 is 1.84 bits per heavy atom. The highest BCUT2D eigenvalue weighted by molar-refractivity contribution is 6.07. The Morgan fingerprint density at radius 1 is 1.07 bits per heavy atom. The first-order valence-corrected chi connectivity index (χ1v) is 15.6. The summed E-state index contributed by atoms with van der Waals surface area (Å²) in [4.78, 5) is 63.5. The minimum Gasteiger partial charge on any atom is -0.355 e. The van der Waals surface area contributed by atoms with Crippen LogP contribution in [0, 0.1) is 18.3 Å². The maximum atomic E-state index is 14.1. The summed E-state index contributed by atoms with van der Waals surface area (Å²) in [5.74, 6) is 0.296. The van der Waals surface area contributed by atoms with Crippen LogP contribution in [0.3, 0.4) is 0 Å². The highest BCUT2D eigenvalue weighted by atomic mass is 16.2. The van der Waals surface area contributed by atoms with Crippen molar-refractivity contribution in [1.82, 2.24) is 30.0 Å². The van der Waals surface area contributed by atoms with E-state index < -0.39 is 6.04 Å². The zero-order valence-electron chi connectivity index (χ0n) is 25.5. The number of amides is 2. The van der Waals surface area contributed by atoms with Crippen LogP contribution in [0.15, 0.2) is 24.5 Å². The minimum atomic E-state index is -0.508. The van der Waals surface area contributed by atoms with Gasteiger partial charge in [-0.25, -0.2) is 9.97 Å². The summed E-state index contributed by atoms with van der Waals surface area (Å²) < 4.78 is 1.68. The molecule has 2 aliphatic heterocycles. The number of hydrogen-bond donors (Lipinski definition) is 1. The van der Waals surface area contributed by atoms with E-state index in [1.165, 1.54) is 6.92 Å². The average Bonchev–Trinajstić information content (AvgIpc) is 3.40. The van der Waals surface area contributed by atoms with Gasteiger partial charge >= 0.3 is 0 Å². The molecule has 1 N–H and O–H groups in total. The Labute approximate surface area is 251 Å². The maximum Gasteiger partial charge on any atom is 0.245 e. The zero-order chi connectivity index (χ0) is 30.5. The molecule has 2 fully saturated rings. The van der Waals surface area contributed by atoms with Gasteiger partial charge in [-0.1, -0.05) is 26.7 Å². The Bertz CT molecular complexity index is 1610. The van der Waals surface area contributed by atoms with E-state index in [-0.39, 0.29) is 47.3 Å². The van der Waals surface area contributed by atoms with E-state index in [2.05, 4.69) is 21.4 Å². The van der Waals surface area contributed by atoms with E-state index in [4.69, 9.17) is 5.10 Å². The van der Waals surface area contributed by atoms with Crippen LogP contribution in [0.4, 0.5) is 0 Å². The largest absolute Gasteiger partial charge is 0.355 e. The summed E-state index contributed by atoms with van der Waals surface area (Å²) in [5.41, 5.74) is 3.58. The molecule has 2 amide bonds. The van der Waals surface area contributed by atoms with Crippen molar-refractivity contribution in [2.45, 2.75) is 97.7 Å². The predicted octanol–water partition coefficient (Wildman–Crippen LogP) is 4.21. The Kier molecular flexibility index (Phi) is 7.64. The molecule has 10 nitrogen and oxygen atoms in total. The molecule has 1 saturated carbocycles. The van der Waals surface area contributed by atoms with Gasteiger partial charge in [-0.3, -0.25) is 23.9 Å². The van der Waals surface area contributed by atoms with Gasteiger partial charge in [-0.15, -0.1) is 0 Å². The highest BCUT2D eigenvalue weighted by Crippen LogP contribution is 2.59. The fourth-order valence-electron chi connectivity index (χ4n) is 7.15. The van der Waals surface area contributed by atoms with Crippen LogP contribution in [-0.4, -0.2) is 66.7 Å². The Balaban J connectivity index is 1.45. The third-order valence-electron chi connectivity index (χ3n) is 9.73. The summed E-state index contributed by atoms with van der Waals surface area (Å²) in [6.45, 7) is 7.55. The van der Waals surface area contributed by atoms with E-state index in [1.807, 2.05) is 26.8 Å². The molecule has 1 aliphatic carbocycles. The highest BCUT2D eigenvalue weighted by Gasteiger charge is 2.66. The summed E-state index contributed by atoms with van der Waals surface area (Å²) in [7, 11) is 0. The number of Topliss-reactive ketones (excluding diaryl/α,β-unsaturated/α-hetero) is 2. The van der Waals surface area contributed by atoms with E-state index in [9.17, 15) is 19.2 Å². The van der Waals surface area contributed by atoms with Crippen LogP contribution >= 0.6 is 0 Å². The van der Waals surface area contributed by atoms with Crippen molar-refractivity contribution in [1.29, 1.82) is 0 Å². The number of hydrogen-bond acceptors (Lipinski definition) is 7. The number of piperidine rings is 1. The van der Waals surface area contributed by atoms with Crippen LogP contribution in [0.1, 0.15) is 87.6 Å². The molecule has 43 heavy (non-hydrogen) atoms. The van der Waals surface area contributed by atoms with Gasteiger partial charge in [0.2, 0.25) is 11.8 Å². The van der Waals surface area contributed by atoms with Crippen LogP contribution in [0.2, 0.25) is 0 Å². The number of nitrogens with one attached hydrogen (secondary N) is 1. The molecule has 0 unspecified atom stereocenters. The quantitative estimate of drug-likeness (QED) is 0.455. The molecule has 4 heterocycles. The second-order valence-electron chi connectivity index (χ2n) is 12.8. The van der Waals surface area contributed by atoms with Crippen LogP contribution < -0.4 is 5.32 Å². The number of carbonyl (C=O) groups excluding carboxylic acids is 4. The standard InChI is InChI=1S/C33H40N6O4/c1-5-27(41)26-13-33-14-28(33)39(26)29(42)17-38-31-22(10-8-6-7-9-19(2)32(43)36-18-33)11-23(24-15-34-21(4)35-16-24)12-25(31)30(37-38)20(3)40/h11-12,15-16,19,26,28H,5-10,13-14,17-18H2,1-4H3,(H,36,43)/t19-,26-,28+,33-/m0/s1. The molecule has 6 rings (SSSR count). The third kappa shape index (κ3) is 5.36. The van der Waals surface area contributed by atoms with Crippen molar-refractivity contribution in [2.75, 3.05) is 6.54 Å². The lowest BCUT2D eigenvalue weighted by Gasteiger charge is -2.26. The van der Waals surface area contributed by atoms with Crippen molar-refractivity contribution in [3.05, 3.63) is 41.6 Å². The first-order chi connectivity index (χ1) is 20.6. The lowest BCUT2D eigenvalue weighted by Crippen LogP contribution is -2.44. The fourth-order valence-corrected chi connectivity index (χ4v) is 7.15. The number of aromatic nitrogens is 4. The minimum absolute atomic E-state index is 0.0365. The van der Waals surface area contributed by atoms with Gasteiger partial charge in [0.1, 0.15) is 18.1 Å². The molecular weight excluding hydrogens is 544 g/mol.